The van der Waals surface area contributed by atoms with Crippen molar-refractivity contribution in [1.82, 2.24) is 14.8 Å². The second kappa shape index (κ2) is 7.95. The number of aliphatic hydroxyl groups excluding tert-OH is 1. The first kappa shape index (κ1) is 18.4. The summed E-state index contributed by atoms with van der Waals surface area (Å²) in [4.78, 5) is 33.5. The number of furan rings is 1. The summed E-state index contributed by atoms with van der Waals surface area (Å²) in [5, 5.41) is 10.5. The third kappa shape index (κ3) is 3.44. The molecule has 8 heteroatoms. The zero-order valence-electron chi connectivity index (χ0n) is 15.3. The van der Waals surface area contributed by atoms with Gasteiger partial charge in [0.15, 0.2) is 11.5 Å². The number of amides is 1. The Balaban J connectivity index is 1.64. The first-order chi connectivity index (χ1) is 13.7. The summed E-state index contributed by atoms with van der Waals surface area (Å²) in [6.07, 6.45) is 4.59. The predicted molar refractivity (Wildman–Crippen MR) is 98.6 cm³/mol. The van der Waals surface area contributed by atoms with Crippen molar-refractivity contribution in [1.29, 1.82) is 0 Å². The molecule has 0 saturated carbocycles. The van der Waals surface area contributed by atoms with Crippen molar-refractivity contribution in [2.24, 2.45) is 0 Å². The van der Waals surface area contributed by atoms with E-state index in [1.54, 1.807) is 30.6 Å². The minimum absolute atomic E-state index is 0.0353. The van der Waals surface area contributed by atoms with Crippen molar-refractivity contribution in [2.45, 2.75) is 6.04 Å². The average molecular weight is 383 g/mol. The van der Waals surface area contributed by atoms with Crippen molar-refractivity contribution in [3.05, 3.63) is 65.6 Å². The number of carbonyl (C=O) groups is 2. The second-order valence-corrected chi connectivity index (χ2v) is 6.70. The average Bonchev–Trinajstić information content (AvgIpc) is 3.36. The fourth-order valence-corrected chi connectivity index (χ4v) is 3.62. The highest BCUT2D eigenvalue weighted by molar-refractivity contribution is 6.14. The van der Waals surface area contributed by atoms with Crippen LogP contribution in [0.15, 0.2) is 58.7 Å². The van der Waals surface area contributed by atoms with Gasteiger partial charge in [-0.25, -0.2) is 0 Å². The van der Waals surface area contributed by atoms with Crippen LogP contribution in [-0.2, 0) is 9.53 Å². The van der Waals surface area contributed by atoms with Gasteiger partial charge in [-0.2, -0.15) is 0 Å². The summed E-state index contributed by atoms with van der Waals surface area (Å²) in [5.74, 6) is -1.48. The zero-order chi connectivity index (χ0) is 19.5. The van der Waals surface area contributed by atoms with Crippen LogP contribution in [0, 0.1) is 0 Å². The molecule has 1 atom stereocenters. The van der Waals surface area contributed by atoms with Crippen LogP contribution in [-0.4, -0.2) is 71.0 Å². The highest BCUT2D eigenvalue weighted by atomic mass is 16.5. The third-order valence-electron chi connectivity index (χ3n) is 5.08. The van der Waals surface area contributed by atoms with Crippen LogP contribution in [0.1, 0.15) is 22.2 Å². The fourth-order valence-electron chi connectivity index (χ4n) is 3.62. The van der Waals surface area contributed by atoms with E-state index in [0.717, 1.165) is 13.1 Å². The number of aliphatic hydroxyl groups is 1. The van der Waals surface area contributed by atoms with Crippen molar-refractivity contribution in [2.75, 3.05) is 39.4 Å². The standard InChI is InChI=1S/C20H21N3O5/c24-18(15-2-1-11-28-15)16-17(14-3-5-21-6-4-14)23(20(26)19(16)25)8-7-22-9-12-27-13-10-22/h1-6,11,17,25H,7-10,12-13H2/t17-/m0/s1. The van der Waals surface area contributed by atoms with E-state index in [9.17, 15) is 14.7 Å². The van der Waals surface area contributed by atoms with E-state index in [1.165, 1.54) is 17.2 Å². The lowest BCUT2D eigenvalue weighted by atomic mass is 9.96. The van der Waals surface area contributed by atoms with Crippen molar-refractivity contribution in [3.63, 3.8) is 0 Å². The van der Waals surface area contributed by atoms with Crippen LogP contribution >= 0.6 is 0 Å². The first-order valence-electron chi connectivity index (χ1n) is 9.19. The molecule has 0 radical (unpaired) electrons. The third-order valence-corrected chi connectivity index (χ3v) is 5.08. The molecule has 0 unspecified atom stereocenters. The van der Waals surface area contributed by atoms with Crippen molar-refractivity contribution in [3.8, 4) is 0 Å². The number of rotatable bonds is 6. The van der Waals surface area contributed by atoms with Gasteiger partial charge in [0.05, 0.1) is 31.1 Å². The van der Waals surface area contributed by atoms with Crippen LogP contribution in [0.3, 0.4) is 0 Å². The van der Waals surface area contributed by atoms with Crippen LogP contribution in [0.4, 0.5) is 0 Å². The number of hydrogen-bond donors (Lipinski definition) is 1. The Kier molecular flexibility index (Phi) is 5.23. The van der Waals surface area contributed by atoms with Crippen molar-refractivity contribution < 1.29 is 23.8 Å². The molecule has 1 fully saturated rings. The van der Waals surface area contributed by atoms with E-state index in [-0.39, 0.29) is 11.3 Å². The summed E-state index contributed by atoms with van der Waals surface area (Å²) in [5.41, 5.74) is 0.748. The molecule has 1 amide bonds. The fraction of sp³-hybridized carbons (Fsp3) is 0.350. The molecule has 2 aliphatic heterocycles. The molecular weight excluding hydrogens is 362 g/mol. The van der Waals surface area contributed by atoms with Crippen LogP contribution < -0.4 is 0 Å². The van der Waals surface area contributed by atoms with E-state index in [1.807, 2.05) is 0 Å². The minimum Gasteiger partial charge on any atom is -0.503 e. The molecule has 28 heavy (non-hydrogen) atoms. The molecule has 4 heterocycles. The molecule has 0 spiro atoms. The summed E-state index contributed by atoms with van der Waals surface area (Å²) < 4.78 is 10.6. The summed E-state index contributed by atoms with van der Waals surface area (Å²) in [7, 11) is 0. The first-order valence-corrected chi connectivity index (χ1v) is 9.19. The summed E-state index contributed by atoms with van der Waals surface area (Å²) in [6.45, 7) is 3.91. The maximum absolute atomic E-state index is 13.0. The molecule has 146 valence electrons. The maximum Gasteiger partial charge on any atom is 0.290 e. The molecule has 0 aromatic carbocycles. The molecule has 1 N–H and O–H groups in total. The maximum atomic E-state index is 13.0. The molecule has 0 bridgehead atoms. The smallest absolute Gasteiger partial charge is 0.290 e. The van der Waals surface area contributed by atoms with Crippen LogP contribution in [0.2, 0.25) is 0 Å². The SMILES string of the molecule is O=C(C1=C(O)C(=O)N(CCN2CCOCC2)[C@H]1c1ccncc1)c1ccco1. The summed E-state index contributed by atoms with van der Waals surface area (Å²) in [6, 6.07) is 5.92. The minimum atomic E-state index is -0.686. The Morgan fingerprint density at radius 2 is 1.93 bits per heavy atom. The van der Waals surface area contributed by atoms with Gasteiger partial charge < -0.3 is 19.2 Å². The lowest BCUT2D eigenvalue weighted by Crippen LogP contribution is -2.43. The number of carbonyl (C=O) groups excluding carboxylic acids is 2. The Hall–Kier alpha value is -2.97. The molecule has 2 aromatic rings. The largest absolute Gasteiger partial charge is 0.503 e. The number of aromatic nitrogens is 1. The molecule has 2 aromatic heterocycles. The number of ketones is 1. The zero-order valence-corrected chi connectivity index (χ0v) is 15.3. The number of ether oxygens (including phenoxy) is 1. The van der Waals surface area contributed by atoms with Gasteiger partial charge in [0.1, 0.15) is 0 Å². The number of pyridine rings is 1. The van der Waals surface area contributed by atoms with E-state index in [0.29, 0.717) is 31.9 Å². The van der Waals surface area contributed by atoms with Crippen molar-refractivity contribution >= 4 is 11.7 Å². The van der Waals surface area contributed by atoms with E-state index >= 15 is 0 Å². The van der Waals surface area contributed by atoms with Gasteiger partial charge in [0.2, 0.25) is 5.78 Å². The van der Waals surface area contributed by atoms with E-state index < -0.39 is 23.5 Å². The molecule has 4 rings (SSSR count). The molecule has 8 nitrogen and oxygen atoms in total. The van der Waals surface area contributed by atoms with Gasteiger partial charge in [0, 0.05) is 38.6 Å². The highest BCUT2D eigenvalue weighted by Gasteiger charge is 2.44. The normalized spacial score (nSPS) is 20.8. The number of Topliss-reactive ketones (excluding diaryl/α,β-unsaturated/α-hetero) is 1. The molecule has 1 saturated heterocycles. The quantitative estimate of drug-likeness (QED) is 0.757. The molecular formula is C20H21N3O5. The van der Waals surface area contributed by atoms with Gasteiger partial charge in [0.25, 0.3) is 5.91 Å². The number of hydrogen-bond acceptors (Lipinski definition) is 7. The van der Waals surface area contributed by atoms with Gasteiger partial charge in [-0.05, 0) is 29.8 Å². The monoisotopic (exact) mass is 383 g/mol. The Labute approximate surface area is 162 Å². The van der Waals surface area contributed by atoms with Crippen LogP contribution in [0.5, 0.6) is 0 Å². The Morgan fingerprint density at radius 1 is 1.18 bits per heavy atom. The Bertz CT molecular complexity index is 873. The molecule has 0 aliphatic carbocycles. The van der Waals surface area contributed by atoms with Crippen LogP contribution in [0.25, 0.3) is 0 Å². The summed E-state index contributed by atoms with van der Waals surface area (Å²) >= 11 is 0. The van der Waals surface area contributed by atoms with E-state index in [4.69, 9.17) is 9.15 Å². The second-order valence-electron chi connectivity index (χ2n) is 6.70. The molecule has 2 aliphatic rings. The number of morpholine rings is 1. The van der Waals surface area contributed by atoms with Gasteiger partial charge in [-0.1, -0.05) is 0 Å². The van der Waals surface area contributed by atoms with E-state index in [2.05, 4.69) is 9.88 Å². The predicted octanol–water partition coefficient (Wildman–Crippen LogP) is 1.59. The lowest BCUT2D eigenvalue weighted by Gasteiger charge is -2.31. The Morgan fingerprint density at radius 3 is 2.61 bits per heavy atom. The van der Waals surface area contributed by atoms with Gasteiger partial charge in [-0.15, -0.1) is 0 Å². The topological polar surface area (TPSA) is 96.1 Å². The van der Waals surface area contributed by atoms with Gasteiger partial charge in [-0.3, -0.25) is 19.5 Å². The lowest BCUT2D eigenvalue weighted by molar-refractivity contribution is -0.129. The van der Waals surface area contributed by atoms with Gasteiger partial charge >= 0.3 is 0 Å². The highest BCUT2D eigenvalue weighted by Crippen LogP contribution is 2.38. The number of nitrogens with zero attached hydrogens (tertiary/aromatic N) is 3.